The molecule has 4 bridgehead atoms. The molecule has 0 amide bonds. The van der Waals surface area contributed by atoms with Crippen LogP contribution >= 0.6 is 0 Å². The molecule has 0 aromatic heterocycles. The van der Waals surface area contributed by atoms with Crippen LogP contribution in [0.2, 0.25) is 0 Å². The van der Waals surface area contributed by atoms with Crippen molar-refractivity contribution in [3.63, 3.8) is 0 Å². The molecule has 1 aromatic rings. The summed E-state index contributed by atoms with van der Waals surface area (Å²) in [6.07, 6.45) is 6.90. The molecule has 24 heavy (non-hydrogen) atoms. The second kappa shape index (κ2) is 5.61. The van der Waals surface area contributed by atoms with Gasteiger partial charge in [-0.1, -0.05) is 12.1 Å². The summed E-state index contributed by atoms with van der Waals surface area (Å²) in [5, 5.41) is 0. The molecule has 5 rings (SSSR count). The number of nitrogens with two attached hydrogens (primary N) is 1. The van der Waals surface area contributed by atoms with E-state index in [4.69, 9.17) is 10.5 Å². The number of para-hydroxylation sites is 1. The minimum absolute atomic E-state index is 0.113. The summed E-state index contributed by atoms with van der Waals surface area (Å²) >= 11 is 0. The lowest BCUT2D eigenvalue weighted by atomic mass is 9.48. The fraction of sp³-hybridized carbons (Fsp3) is 0.600. The number of Topliss-reactive ketones (excluding diaryl/α,β-unsaturated/α-hetero) is 1. The number of hydrogen-bond donors (Lipinski definition) is 1. The van der Waals surface area contributed by atoms with Crippen LogP contribution in [0.15, 0.2) is 18.2 Å². The first kappa shape index (κ1) is 15.7. The van der Waals surface area contributed by atoms with Gasteiger partial charge in [0, 0.05) is 11.1 Å². The van der Waals surface area contributed by atoms with Crippen LogP contribution in [0, 0.1) is 30.1 Å². The molecule has 0 spiro atoms. The molecule has 4 aliphatic carbocycles. The van der Waals surface area contributed by atoms with Gasteiger partial charge in [-0.15, -0.1) is 0 Å². The Morgan fingerprint density at radius 2 is 1.71 bits per heavy atom. The van der Waals surface area contributed by atoms with Crippen LogP contribution in [0.3, 0.4) is 0 Å². The predicted octanol–water partition coefficient (Wildman–Crippen LogP) is 3.52. The average molecular weight is 327 g/mol. The highest BCUT2D eigenvalue weighted by atomic mass is 16.5. The highest BCUT2D eigenvalue weighted by Gasteiger charge is 2.54. The standard InChI is InChI=1S/C20H25NO3/c1-12-3-2-4-16(18(12)21)19(23)24-11-17(22)20-8-13-5-14(9-20)7-15(6-13)10-20/h2-4,13-15H,5-11,21H2,1H3. The summed E-state index contributed by atoms with van der Waals surface area (Å²) in [4.78, 5) is 25.2. The maximum Gasteiger partial charge on any atom is 0.340 e. The SMILES string of the molecule is Cc1cccc(C(=O)OCC(=O)C23CC4CC(CC(C4)C2)C3)c1N. The molecule has 0 saturated heterocycles. The Morgan fingerprint density at radius 3 is 2.29 bits per heavy atom. The van der Waals surface area contributed by atoms with Gasteiger partial charge >= 0.3 is 5.97 Å². The van der Waals surface area contributed by atoms with E-state index in [1.165, 1.54) is 19.3 Å². The van der Waals surface area contributed by atoms with Crippen molar-refractivity contribution in [2.75, 3.05) is 12.3 Å². The lowest BCUT2D eigenvalue weighted by molar-refractivity contribution is -0.147. The fourth-order valence-electron chi connectivity index (χ4n) is 5.67. The van der Waals surface area contributed by atoms with Crippen molar-refractivity contribution in [3.8, 4) is 0 Å². The monoisotopic (exact) mass is 327 g/mol. The lowest BCUT2D eigenvalue weighted by Gasteiger charge is -2.55. The Hall–Kier alpha value is -1.84. The molecule has 0 unspecified atom stereocenters. The van der Waals surface area contributed by atoms with E-state index in [1.54, 1.807) is 12.1 Å². The summed E-state index contributed by atoms with van der Waals surface area (Å²) in [7, 11) is 0. The van der Waals surface area contributed by atoms with Gasteiger partial charge in [0.25, 0.3) is 0 Å². The molecule has 128 valence electrons. The Balaban J connectivity index is 1.43. The molecule has 2 N–H and O–H groups in total. The molecular formula is C20H25NO3. The summed E-state index contributed by atoms with van der Waals surface area (Å²) in [5.41, 5.74) is 7.37. The third-order valence-corrected chi connectivity index (χ3v) is 6.51. The van der Waals surface area contributed by atoms with Crippen molar-refractivity contribution >= 4 is 17.4 Å². The molecule has 4 nitrogen and oxygen atoms in total. The Labute approximate surface area is 142 Å². The van der Waals surface area contributed by atoms with Crippen molar-refractivity contribution in [1.82, 2.24) is 0 Å². The maximum absolute atomic E-state index is 12.9. The van der Waals surface area contributed by atoms with Crippen molar-refractivity contribution < 1.29 is 14.3 Å². The van der Waals surface area contributed by atoms with Gasteiger partial charge in [-0.05, 0) is 74.8 Å². The number of ketones is 1. The van der Waals surface area contributed by atoms with Crippen molar-refractivity contribution in [2.45, 2.75) is 45.4 Å². The first-order chi connectivity index (χ1) is 11.5. The van der Waals surface area contributed by atoms with E-state index in [1.807, 2.05) is 13.0 Å². The number of esters is 1. The van der Waals surface area contributed by atoms with Crippen LogP contribution in [-0.4, -0.2) is 18.4 Å². The van der Waals surface area contributed by atoms with Crippen LogP contribution in [0.4, 0.5) is 5.69 Å². The van der Waals surface area contributed by atoms with E-state index in [-0.39, 0.29) is 17.8 Å². The van der Waals surface area contributed by atoms with Gasteiger partial charge in [-0.3, -0.25) is 4.79 Å². The molecule has 0 atom stereocenters. The van der Waals surface area contributed by atoms with Gasteiger partial charge in [0.15, 0.2) is 12.4 Å². The normalized spacial score (nSPS) is 33.5. The molecule has 0 heterocycles. The topological polar surface area (TPSA) is 69.4 Å². The van der Waals surface area contributed by atoms with E-state index in [2.05, 4.69) is 0 Å². The van der Waals surface area contributed by atoms with E-state index in [9.17, 15) is 9.59 Å². The Kier molecular flexibility index (Phi) is 3.66. The number of aryl methyl sites for hydroxylation is 1. The summed E-state index contributed by atoms with van der Waals surface area (Å²) in [6, 6.07) is 5.29. The van der Waals surface area contributed by atoms with Crippen molar-refractivity contribution in [3.05, 3.63) is 29.3 Å². The highest BCUT2D eigenvalue weighted by Crippen LogP contribution is 2.60. The van der Waals surface area contributed by atoms with Gasteiger partial charge in [-0.2, -0.15) is 0 Å². The van der Waals surface area contributed by atoms with E-state index < -0.39 is 5.97 Å². The first-order valence-electron chi connectivity index (χ1n) is 9.02. The highest BCUT2D eigenvalue weighted by molar-refractivity contribution is 5.97. The van der Waals surface area contributed by atoms with Crippen LogP contribution in [0.5, 0.6) is 0 Å². The first-order valence-corrected chi connectivity index (χ1v) is 9.02. The Morgan fingerprint density at radius 1 is 1.12 bits per heavy atom. The second-order valence-electron chi connectivity index (χ2n) is 8.23. The van der Waals surface area contributed by atoms with Crippen LogP contribution in [0.25, 0.3) is 0 Å². The third kappa shape index (κ3) is 2.52. The van der Waals surface area contributed by atoms with Gasteiger partial charge in [0.2, 0.25) is 0 Å². The number of carbonyl (C=O) groups excluding carboxylic acids is 2. The molecule has 0 aliphatic heterocycles. The molecule has 4 aliphatic rings. The molecule has 4 fully saturated rings. The van der Waals surface area contributed by atoms with Crippen LogP contribution in [0.1, 0.15) is 54.4 Å². The van der Waals surface area contributed by atoms with Crippen LogP contribution in [-0.2, 0) is 9.53 Å². The largest absolute Gasteiger partial charge is 0.454 e. The van der Waals surface area contributed by atoms with Gasteiger partial charge in [0.1, 0.15) is 0 Å². The zero-order valence-corrected chi connectivity index (χ0v) is 14.2. The number of rotatable bonds is 4. The second-order valence-corrected chi connectivity index (χ2v) is 8.23. The molecule has 4 saturated carbocycles. The average Bonchev–Trinajstić information content (AvgIpc) is 2.53. The van der Waals surface area contributed by atoms with Gasteiger partial charge in [-0.25, -0.2) is 4.79 Å². The smallest absolute Gasteiger partial charge is 0.340 e. The zero-order chi connectivity index (χ0) is 16.9. The minimum Gasteiger partial charge on any atom is -0.454 e. The predicted molar refractivity (Wildman–Crippen MR) is 91.5 cm³/mol. The van der Waals surface area contributed by atoms with Gasteiger partial charge < -0.3 is 10.5 Å². The number of ether oxygens (including phenoxy) is 1. The van der Waals surface area contributed by atoms with Crippen LogP contribution < -0.4 is 5.73 Å². The molecule has 4 heteroatoms. The summed E-state index contributed by atoms with van der Waals surface area (Å²) < 4.78 is 5.35. The number of carbonyl (C=O) groups is 2. The van der Waals surface area contributed by atoms with E-state index in [0.29, 0.717) is 29.0 Å². The van der Waals surface area contributed by atoms with E-state index >= 15 is 0 Å². The molecule has 1 aromatic carbocycles. The quantitative estimate of drug-likeness (QED) is 0.678. The fourth-order valence-corrected chi connectivity index (χ4v) is 5.67. The van der Waals surface area contributed by atoms with Crippen molar-refractivity contribution in [2.24, 2.45) is 23.2 Å². The maximum atomic E-state index is 12.9. The minimum atomic E-state index is -0.491. The lowest BCUT2D eigenvalue weighted by Crippen LogP contribution is -2.51. The van der Waals surface area contributed by atoms with Gasteiger partial charge in [0.05, 0.1) is 5.56 Å². The molecule has 0 radical (unpaired) electrons. The zero-order valence-electron chi connectivity index (χ0n) is 14.2. The number of nitrogen functional groups attached to an aromatic ring is 1. The number of anilines is 1. The Bertz CT molecular complexity index is 659. The number of hydrogen-bond acceptors (Lipinski definition) is 4. The van der Waals surface area contributed by atoms with E-state index in [0.717, 1.165) is 24.8 Å². The third-order valence-electron chi connectivity index (χ3n) is 6.51. The van der Waals surface area contributed by atoms with Crippen molar-refractivity contribution in [1.29, 1.82) is 0 Å². The summed E-state index contributed by atoms with van der Waals surface area (Å²) in [6.45, 7) is 1.74. The molecular weight excluding hydrogens is 302 g/mol. The number of benzene rings is 1. The summed E-state index contributed by atoms with van der Waals surface area (Å²) in [5.74, 6) is 1.77.